The number of halogens is 1. The molecule has 20 heavy (non-hydrogen) atoms. The smallest absolute Gasteiger partial charge is 0.273 e. The van der Waals surface area contributed by atoms with E-state index in [9.17, 15) is 10.1 Å². The molecule has 1 aromatic rings. The average Bonchev–Trinajstić information content (AvgIpc) is 2.40. The fraction of sp³-hybridized carbons (Fsp3) is 0.538. The van der Waals surface area contributed by atoms with Crippen LogP contribution in [0.25, 0.3) is 0 Å². The molecule has 0 heterocycles. The Morgan fingerprint density at radius 3 is 2.90 bits per heavy atom. The summed E-state index contributed by atoms with van der Waals surface area (Å²) < 4.78 is 11.3. The highest BCUT2D eigenvalue weighted by Gasteiger charge is 2.41. The largest absolute Gasteiger partial charge is 0.486 e. The molecule has 3 unspecified atom stereocenters. The van der Waals surface area contributed by atoms with Crippen molar-refractivity contribution in [2.24, 2.45) is 5.73 Å². The summed E-state index contributed by atoms with van der Waals surface area (Å²) in [6.45, 7) is 2.62. The van der Waals surface area contributed by atoms with Gasteiger partial charge in [0.1, 0.15) is 18.0 Å². The third-order valence-electron chi connectivity index (χ3n) is 3.21. The van der Waals surface area contributed by atoms with Crippen LogP contribution in [0.2, 0.25) is 5.02 Å². The summed E-state index contributed by atoms with van der Waals surface area (Å²) in [5.74, 6) is 0.294. The Balaban J connectivity index is 2.06. The molecule has 0 saturated heterocycles. The first-order chi connectivity index (χ1) is 9.52. The van der Waals surface area contributed by atoms with Crippen molar-refractivity contribution in [2.45, 2.75) is 38.0 Å². The second-order valence-corrected chi connectivity index (χ2v) is 5.17. The van der Waals surface area contributed by atoms with E-state index in [1.807, 2.05) is 6.92 Å². The molecule has 1 aliphatic rings. The Morgan fingerprint density at radius 2 is 2.30 bits per heavy atom. The molecular weight excluding hydrogens is 284 g/mol. The first-order valence-electron chi connectivity index (χ1n) is 6.50. The number of rotatable bonds is 6. The third kappa shape index (κ3) is 3.20. The van der Waals surface area contributed by atoms with E-state index in [2.05, 4.69) is 0 Å². The lowest BCUT2D eigenvalue weighted by molar-refractivity contribution is -0.385. The summed E-state index contributed by atoms with van der Waals surface area (Å²) in [6.07, 6.45) is 1.14. The molecule has 1 aromatic carbocycles. The maximum Gasteiger partial charge on any atom is 0.273 e. The Kier molecular flexibility index (Phi) is 4.80. The van der Waals surface area contributed by atoms with E-state index in [-0.39, 0.29) is 23.9 Å². The van der Waals surface area contributed by atoms with Gasteiger partial charge in [-0.1, -0.05) is 18.5 Å². The quantitative estimate of drug-likeness (QED) is 0.644. The maximum atomic E-state index is 10.8. The Labute approximate surface area is 122 Å². The summed E-state index contributed by atoms with van der Waals surface area (Å²) >= 11 is 5.99. The molecule has 0 bridgehead atoms. The number of ether oxygens (including phenoxy) is 2. The standard InChI is InChI=1S/C13H17ClN2O4/c1-2-5-19-13-10(15)7-12(13)20-11-6-8(16(17)18)3-4-9(11)14/h3-4,6,10,12-13H,2,5,7,15H2,1H3. The van der Waals surface area contributed by atoms with E-state index < -0.39 is 4.92 Å². The minimum absolute atomic E-state index is 0.0564. The van der Waals surface area contributed by atoms with E-state index in [4.69, 9.17) is 26.8 Å². The van der Waals surface area contributed by atoms with Gasteiger partial charge in [-0.3, -0.25) is 10.1 Å². The van der Waals surface area contributed by atoms with Gasteiger partial charge in [-0.25, -0.2) is 0 Å². The van der Waals surface area contributed by atoms with Gasteiger partial charge < -0.3 is 15.2 Å². The number of nitro benzene ring substituents is 1. The number of nitro groups is 1. The van der Waals surface area contributed by atoms with Crippen molar-refractivity contribution in [3.8, 4) is 5.75 Å². The van der Waals surface area contributed by atoms with Crippen LogP contribution in [0.3, 0.4) is 0 Å². The highest BCUT2D eigenvalue weighted by Crippen LogP contribution is 2.34. The van der Waals surface area contributed by atoms with E-state index in [0.717, 1.165) is 6.42 Å². The lowest BCUT2D eigenvalue weighted by Gasteiger charge is -2.41. The molecule has 110 valence electrons. The van der Waals surface area contributed by atoms with Crippen molar-refractivity contribution in [3.05, 3.63) is 33.3 Å². The Hall–Kier alpha value is -1.37. The molecule has 0 amide bonds. The Bertz CT molecular complexity index is 497. The van der Waals surface area contributed by atoms with Gasteiger partial charge in [-0.05, 0) is 12.5 Å². The molecule has 1 fully saturated rings. The van der Waals surface area contributed by atoms with Gasteiger partial charge in [0.05, 0.1) is 16.0 Å². The second kappa shape index (κ2) is 6.39. The molecule has 3 atom stereocenters. The van der Waals surface area contributed by atoms with Gasteiger partial charge in [-0.15, -0.1) is 0 Å². The zero-order valence-electron chi connectivity index (χ0n) is 11.1. The maximum absolute atomic E-state index is 10.8. The minimum Gasteiger partial charge on any atom is -0.486 e. The first kappa shape index (κ1) is 15.0. The van der Waals surface area contributed by atoms with Crippen LogP contribution >= 0.6 is 11.6 Å². The fourth-order valence-corrected chi connectivity index (χ4v) is 2.24. The number of nitrogens with two attached hydrogens (primary N) is 1. The molecule has 0 aromatic heterocycles. The van der Waals surface area contributed by atoms with Crippen LogP contribution in [0.1, 0.15) is 19.8 Å². The molecule has 0 spiro atoms. The monoisotopic (exact) mass is 300 g/mol. The molecule has 1 aliphatic carbocycles. The lowest BCUT2D eigenvalue weighted by Crippen LogP contribution is -2.59. The molecule has 2 N–H and O–H groups in total. The van der Waals surface area contributed by atoms with E-state index in [0.29, 0.717) is 23.8 Å². The molecule has 0 aliphatic heterocycles. The molecule has 0 radical (unpaired) electrons. The SMILES string of the molecule is CCCOC1C(N)CC1Oc1cc([N+](=O)[O-])ccc1Cl. The zero-order valence-corrected chi connectivity index (χ0v) is 11.9. The van der Waals surface area contributed by atoms with Crippen molar-refractivity contribution in [1.82, 2.24) is 0 Å². The van der Waals surface area contributed by atoms with Crippen LogP contribution in [0, 0.1) is 10.1 Å². The number of nitrogens with zero attached hydrogens (tertiary/aromatic N) is 1. The summed E-state index contributed by atoms with van der Waals surface area (Å²) in [4.78, 5) is 10.3. The summed E-state index contributed by atoms with van der Waals surface area (Å²) in [5, 5.41) is 11.1. The minimum atomic E-state index is -0.485. The molecule has 2 rings (SSSR count). The number of non-ortho nitro benzene ring substituents is 1. The van der Waals surface area contributed by atoms with Gasteiger partial charge in [0.25, 0.3) is 5.69 Å². The predicted octanol–water partition coefficient (Wildman–Crippen LogP) is 2.52. The van der Waals surface area contributed by atoms with Crippen LogP contribution in [-0.2, 0) is 4.74 Å². The van der Waals surface area contributed by atoms with Crippen LogP contribution in [0.15, 0.2) is 18.2 Å². The molecule has 7 heteroatoms. The van der Waals surface area contributed by atoms with Crippen molar-refractivity contribution in [1.29, 1.82) is 0 Å². The van der Waals surface area contributed by atoms with Gasteiger partial charge in [0, 0.05) is 25.1 Å². The zero-order chi connectivity index (χ0) is 14.7. The second-order valence-electron chi connectivity index (χ2n) is 4.76. The fourth-order valence-electron chi connectivity index (χ4n) is 2.08. The van der Waals surface area contributed by atoms with Crippen LogP contribution < -0.4 is 10.5 Å². The molecular formula is C13H17ClN2O4. The molecule has 6 nitrogen and oxygen atoms in total. The summed E-state index contributed by atoms with van der Waals surface area (Å²) in [6, 6.07) is 4.05. The van der Waals surface area contributed by atoms with Crippen LogP contribution in [-0.4, -0.2) is 29.8 Å². The van der Waals surface area contributed by atoms with E-state index in [1.54, 1.807) is 0 Å². The summed E-state index contributed by atoms with van der Waals surface area (Å²) in [5.41, 5.74) is 5.82. The number of hydrogen-bond donors (Lipinski definition) is 1. The third-order valence-corrected chi connectivity index (χ3v) is 3.52. The summed E-state index contributed by atoms with van der Waals surface area (Å²) in [7, 11) is 0. The Morgan fingerprint density at radius 1 is 1.55 bits per heavy atom. The predicted molar refractivity (Wildman–Crippen MR) is 75.1 cm³/mol. The number of benzene rings is 1. The first-order valence-corrected chi connectivity index (χ1v) is 6.88. The topological polar surface area (TPSA) is 87.6 Å². The molecule has 1 saturated carbocycles. The van der Waals surface area contributed by atoms with Crippen molar-refractivity contribution in [3.63, 3.8) is 0 Å². The van der Waals surface area contributed by atoms with Gasteiger partial charge in [-0.2, -0.15) is 0 Å². The normalized spacial score (nSPS) is 25.1. The van der Waals surface area contributed by atoms with Crippen molar-refractivity contribution < 1.29 is 14.4 Å². The van der Waals surface area contributed by atoms with E-state index in [1.165, 1.54) is 18.2 Å². The van der Waals surface area contributed by atoms with Gasteiger partial charge in [0.15, 0.2) is 0 Å². The highest BCUT2D eigenvalue weighted by atomic mass is 35.5. The van der Waals surface area contributed by atoms with Gasteiger partial charge in [0.2, 0.25) is 0 Å². The number of hydrogen-bond acceptors (Lipinski definition) is 5. The van der Waals surface area contributed by atoms with Crippen LogP contribution in [0.5, 0.6) is 5.75 Å². The van der Waals surface area contributed by atoms with E-state index >= 15 is 0 Å². The average molecular weight is 301 g/mol. The van der Waals surface area contributed by atoms with Crippen molar-refractivity contribution in [2.75, 3.05) is 6.61 Å². The van der Waals surface area contributed by atoms with Crippen LogP contribution in [0.4, 0.5) is 5.69 Å². The highest BCUT2D eigenvalue weighted by molar-refractivity contribution is 6.32. The van der Waals surface area contributed by atoms with Crippen molar-refractivity contribution >= 4 is 17.3 Å². The van der Waals surface area contributed by atoms with Gasteiger partial charge >= 0.3 is 0 Å². The lowest BCUT2D eigenvalue weighted by atomic mass is 9.86.